The van der Waals surface area contributed by atoms with Gasteiger partial charge in [-0.15, -0.1) is 11.3 Å². The van der Waals surface area contributed by atoms with E-state index in [9.17, 15) is 9.18 Å². The van der Waals surface area contributed by atoms with Crippen molar-refractivity contribution in [1.82, 2.24) is 9.38 Å². The highest BCUT2D eigenvalue weighted by Gasteiger charge is 2.16. The molecule has 0 bridgehead atoms. The normalized spacial score (nSPS) is 11.0. The first-order chi connectivity index (χ1) is 12.5. The molecule has 0 aliphatic heterocycles. The molecule has 4 nitrogen and oxygen atoms in total. The number of hydrogen-bond donors (Lipinski definition) is 1. The van der Waals surface area contributed by atoms with Crippen molar-refractivity contribution < 1.29 is 9.18 Å². The number of halogens is 1. The summed E-state index contributed by atoms with van der Waals surface area (Å²) in [7, 11) is 0. The fourth-order valence-corrected chi connectivity index (χ4v) is 3.62. The molecule has 0 spiro atoms. The van der Waals surface area contributed by atoms with Crippen LogP contribution in [-0.4, -0.2) is 15.3 Å². The van der Waals surface area contributed by atoms with Gasteiger partial charge >= 0.3 is 0 Å². The molecule has 0 atom stereocenters. The van der Waals surface area contributed by atoms with E-state index < -0.39 is 0 Å². The van der Waals surface area contributed by atoms with Crippen LogP contribution in [0.25, 0.3) is 16.2 Å². The van der Waals surface area contributed by atoms with Gasteiger partial charge in [0.2, 0.25) is 0 Å². The minimum atomic E-state index is -0.289. The quantitative estimate of drug-likeness (QED) is 0.551. The van der Waals surface area contributed by atoms with E-state index >= 15 is 0 Å². The second-order valence-corrected chi connectivity index (χ2v) is 7.02. The van der Waals surface area contributed by atoms with Crippen LogP contribution in [0.2, 0.25) is 0 Å². The average molecular weight is 365 g/mol. The maximum atomic E-state index is 13.1. The molecule has 1 N–H and O–H groups in total. The lowest BCUT2D eigenvalue weighted by Gasteiger charge is -2.08. The molecule has 6 heteroatoms. The Balaban J connectivity index is 1.67. The minimum Gasteiger partial charge on any atom is -0.320 e. The zero-order chi connectivity index (χ0) is 18.3. The molecule has 0 aliphatic carbocycles. The number of anilines is 1. The van der Waals surface area contributed by atoms with Crippen LogP contribution in [0.1, 0.15) is 21.6 Å². The molecule has 0 saturated carbocycles. The molecular formula is C20H16FN3OS. The van der Waals surface area contributed by atoms with Crippen molar-refractivity contribution in [3.63, 3.8) is 0 Å². The highest BCUT2D eigenvalue weighted by molar-refractivity contribution is 7.15. The summed E-state index contributed by atoms with van der Waals surface area (Å²) >= 11 is 1.40. The van der Waals surface area contributed by atoms with E-state index in [0.717, 1.165) is 27.3 Å². The zero-order valence-corrected chi connectivity index (χ0v) is 15.1. The molecule has 0 unspecified atom stereocenters. The monoisotopic (exact) mass is 365 g/mol. The van der Waals surface area contributed by atoms with Gasteiger partial charge in [-0.2, -0.15) is 0 Å². The lowest BCUT2D eigenvalue weighted by atomic mass is 10.1. The van der Waals surface area contributed by atoms with Gasteiger partial charge in [0.1, 0.15) is 11.5 Å². The molecule has 1 amide bonds. The number of carbonyl (C=O) groups excluding carboxylic acids is 1. The summed E-state index contributed by atoms with van der Waals surface area (Å²) in [4.78, 5) is 18.0. The summed E-state index contributed by atoms with van der Waals surface area (Å²) in [6.45, 7) is 3.95. The van der Waals surface area contributed by atoms with Gasteiger partial charge in [0.05, 0.1) is 5.69 Å². The number of carbonyl (C=O) groups is 1. The number of nitrogens with zero attached hydrogens (tertiary/aromatic N) is 2. The van der Waals surface area contributed by atoms with Crippen LogP contribution in [-0.2, 0) is 0 Å². The van der Waals surface area contributed by atoms with Crippen molar-refractivity contribution in [2.24, 2.45) is 0 Å². The number of amides is 1. The first kappa shape index (κ1) is 16.5. The molecule has 0 fully saturated rings. The molecule has 2 aromatic heterocycles. The van der Waals surface area contributed by atoms with E-state index in [1.165, 1.54) is 23.5 Å². The largest absolute Gasteiger partial charge is 0.320 e. The third kappa shape index (κ3) is 2.99. The predicted molar refractivity (Wildman–Crippen MR) is 102 cm³/mol. The lowest BCUT2D eigenvalue weighted by Crippen LogP contribution is -2.14. The van der Waals surface area contributed by atoms with Gasteiger partial charge in [0.15, 0.2) is 4.96 Å². The van der Waals surface area contributed by atoms with E-state index in [4.69, 9.17) is 0 Å². The van der Waals surface area contributed by atoms with Crippen LogP contribution < -0.4 is 5.32 Å². The number of aromatic nitrogens is 2. The van der Waals surface area contributed by atoms with Crippen LogP contribution >= 0.6 is 11.3 Å². The van der Waals surface area contributed by atoms with E-state index in [-0.39, 0.29) is 11.7 Å². The molecule has 2 aromatic carbocycles. The fraction of sp³-hybridized carbons (Fsp3) is 0.100. The van der Waals surface area contributed by atoms with Crippen molar-refractivity contribution in [2.45, 2.75) is 13.8 Å². The summed E-state index contributed by atoms with van der Waals surface area (Å²) in [5.74, 6) is -0.476. The van der Waals surface area contributed by atoms with Gasteiger partial charge in [-0.25, -0.2) is 9.37 Å². The summed E-state index contributed by atoms with van der Waals surface area (Å²) in [5.41, 5.74) is 4.93. The van der Waals surface area contributed by atoms with Gasteiger partial charge in [-0.3, -0.25) is 9.20 Å². The van der Waals surface area contributed by atoms with Crippen LogP contribution in [0, 0.1) is 19.7 Å². The van der Waals surface area contributed by atoms with Gasteiger partial charge in [-0.1, -0.05) is 12.1 Å². The molecule has 4 rings (SSSR count). The highest BCUT2D eigenvalue weighted by Crippen LogP contribution is 2.25. The lowest BCUT2D eigenvalue weighted by molar-refractivity contribution is 0.102. The molecular weight excluding hydrogens is 349 g/mol. The van der Waals surface area contributed by atoms with Crippen LogP contribution in [0.3, 0.4) is 0 Å². The standard InChI is InChI=1S/C20H16FN3OS/c1-12-3-4-13(2)16(9-12)22-19(25)18-11-26-20-23-17(10-24(18)20)14-5-7-15(21)8-6-14/h3-11H,1-2H3,(H,22,25). The number of nitrogens with one attached hydrogen (secondary N) is 1. The first-order valence-corrected chi connectivity index (χ1v) is 9.00. The molecule has 26 heavy (non-hydrogen) atoms. The Morgan fingerprint density at radius 2 is 1.92 bits per heavy atom. The minimum absolute atomic E-state index is 0.187. The molecule has 0 saturated heterocycles. The third-order valence-electron chi connectivity index (χ3n) is 4.22. The van der Waals surface area contributed by atoms with Crippen molar-refractivity contribution in [2.75, 3.05) is 5.32 Å². The van der Waals surface area contributed by atoms with E-state index in [1.54, 1.807) is 28.1 Å². The molecule has 4 aromatic rings. The fourth-order valence-electron chi connectivity index (χ4n) is 2.76. The summed E-state index contributed by atoms with van der Waals surface area (Å²) < 4.78 is 14.9. The topological polar surface area (TPSA) is 46.4 Å². The second kappa shape index (κ2) is 6.38. The highest BCUT2D eigenvalue weighted by atomic mass is 32.1. The van der Waals surface area contributed by atoms with Gasteiger partial charge < -0.3 is 5.32 Å². The van der Waals surface area contributed by atoms with Crippen molar-refractivity contribution in [1.29, 1.82) is 0 Å². The van der Waals surface area contributed by atoms with Crippen LogP contribution in [0.4, 0.5) is 10.1 Å². The summed E-state index contributed by atoms with van der Waals surface area (Å²) in [6, 6.07) is 12.1. The predicted octanol–water partition coefficient (Wildman–Crippen LogP) is 5.07. The van der Waals surface area contributed by atoms with Crippen molar-refractivity contribution >= 4 is 27.9 Å². The Morgan fingerprint density at radius 1 is 1.15 bits per heavy atom. The number of fused-ring (bicyclic) bond motifs is 1. The third-order valence-corrected chi connectivity index (χ3v) is 5.06. The van der Waals surface area contributed by atoms with Crippen LogP contribution in [0.5, 0.6) is 0 Å². The summed E-state index contributed by atoms with van der Waals surface area (Å²) in [5, 5.41) is 4.76. The smallest absolute Gasteiger partial charge is 0.273 e. The number of rotatable bonds is 3. The maximum Gasteiger partial charge on any atom is 0.273 e. The Kier molecular flexibility index (Phi) is 4.05. The molecule has 2 heterocycles. The number of hydrogen-bond acceptors (Lipinski definition) is 3. The van der Waals surface area contributed by atoms with E-state index in [0.29, 0.717) is 11.4 Å². The SMILES string of the molecule is Cc1ccc(C)c(NC(=O)c2csc3nc(-c4ccc(F)cc4)cn23)c1. The van der Waals surface area contributed by atoms with Crippen molar-refractivity contribution in [3.8, 4) is 11.3 Å². The van der Waals surface area contributed by atoms with E-state index in [1.807, 2.05) is 32.0 Å². The van der Waals surface area contributed by atoms with Gasteiger partial charge in [0, 0.05) is 22.8 Å². The number of imidazole rings is 1. The van der Waals surface area contributed by atoms with Gasteiger partial charge in [-0.05, 0) is 55.3 Å². The molecule has 0 radical (unpaired) electrons. The van der Waals surface area contributed by atoms with E-state index in [2.05, 4.69) is 10.3 Å². The second-order valence-electron chi connectivity index (χ2n) is 6.18. The van der Waals surface area contributed by atoms with Crippen LogP contribution in [0.15, 0.2) is 54.0 Å². The number of aryl methyl sites for hydroxylation is 2. The first-order valence-electron chi connectivity index (χ1n) is 8.12. The Morgan fingerprint density at radius 3 is 2.69 bits per heavy atom. The summed E-state index contributed by atoms with van der Waals surface area (Å²) in [6.07, 6.45) is 1.80. The number of benzene rings is 2. The van der Waals surface area contributed by atoms with Crippen molar-refractivity contribution in [3.05, 3.63) is 76.7 Å². The Hall–Kier alpha value is -2.99. The molecule has 130 valence electrons. The number of thiazole rings is 1. The Labute approximate surface area is 153 Å². The molecule has 0 aliphatic rings. The maximum absolute atomic E-state index is 13.1. The zero-order valence-electron chi connectivity index (χ0n) is 14.3. The average Bonchev–Trinajstić information content (AvgIpc) is 3.19. The van der Waals surface area contributed by atoms with Gasteiger partial charge in [0.25, 0.3) is 5.91 Å². The Bertz CT molecular complexity index is 1110.